The number of carbonyl (C=O) groups excluding carboxylic acids is 2. The zero-order chi connectivity index (χ0) is 13.0. The van der Waals surface area contributed by atoms with Crippen LogP contribution < -0.4 is 6.15 Å². The van der Waals surface area contributed by atoms with Gasteiger partial charge >= 0.3 is 0 Å². The second-order valence-corrected chi connectivity index (χ2v) is 3.62. The van der Waals surface area contributed by atoms with Gasteiger partial charge in [0.05, 0.1) is 37.6 Å². The molecule has 2 rings (SSSR count). The monoisotopic (exact) mass is 268 g/mol. The Balaban J connectivity index is 0.00000180. The lowest BCUT2D eigenvalue weighted by Gasteiger charge is -2.13. The molecule has 1 aromatic rings. The number of imide groups is 1. The zero-order valence-corrected chi connectivity index (χ0v) is 10.4. The second-order valence-electron chi connectivity index (χ2n) is 3.62. The first-order valence-corrected chi connectivity index (χ1v) is 5.55. The van der Waals surface area contributed by atoms with Crippen molar-refractivity contribution in [1.82, 2.24) is 11.2 Å². The third-order valence-corrected chi connectivity index (χ3v) is 2.44. The number of hydroxylamine groups is 2. The van der Waals surface area contributed by atoms with E-state index in [1.54, 1.807) is 24.3 Å². The Labute approximate surface area is 110 Å². The molecule has 0 saturated heterocycles. The molecule has 2 amide bonds. The molecule has 0 radical (unpaired) electrons. The van der Waals surface area contributed by atoms with E-state index in [9.17, 15) is 9.59 Å². The SMILES string of the molecule is N.O=C1c2ccccc2C(=O)N1OCCOCCO. The summed E-state index contributed by atoms with van der Waals surface area (Å²) in [6, 6.07) is 6.55. The van der Waals surface area contributed by atoms with E-state index in [0.717, 1.165) is 5.06 Å². The van der Waals surface area contributed by atoms with Crippen molar-refractivity contribution >= 4 is 11.8 Å². The average Bonchev–Trinajstić information content (AvgIpc) is 2.64. The van der Waals surface area contributed by atoms with Crippen molar-refractivity contribution in [3.63, 3.8) is 0 Å². The molecule has 0 aliphatic carbocycles. The average molecular weight is 268 g/mol. The fraction of sp³-hybridized carbons (Fsp3) is 0.333. The molecular formula is C12H16N2O5. The summed E-state index contributed by atoms with van der Waals surface area (Å²) in [6.07, 6.45) is 0. The molecule has 7 nitrogen and oxygen atoms in total. The van der Waals surface area contributed by atoms with Crippen LogP contribution in [0.2, 0.25) is 0 Å². The number of nitrogens with zero attached hydrogens (tertiary/aromatic N) is 1. The van der Waals surface area contributed by atoms with Crippen molar-refractivity contribution in [1.29, 1.82) is 0 Å². The van der Waals surface area contributed by atoms with Gasteiger partial charge in [0.15, 0.2) is 0 Å². The molecule has 0 saturated carbocycles. The first kappa shape index (κ1) is 15.3. The number of hydrogen-bond donors (Lipinski definition) is 2. The summed E-state index contributed by atoms with van der Waals surface area (Å²) in [5, 5.41) is 9.24. The lowest BCUT2D eigenvalue weighted by molar-refractivity contribution is -0.107. The van der Waals surface area contributed by atoms with Gasteiger partial charge in [0, 0.05) is 0 Å². The highest BCUT2D eigenvalue weighted by molar-refractivity contribution is 6.20. The van der Waals surface area contributed by atoms with E-state index in [2.05, 4.69) is 0 Å². The summed E-state index contributed by atoms with van der Waals surface area (Å²) >= 11 is 0. The molecule has 1 heterocycles. The maximum Gasteiger partial charge on any atom is 0.285 e. The van der Waals surface area contributed by atoms with Gasteiger partial charge in [0.25, 0.3) is 11.8 Å². The number of rotatable bonds is 6. The van der Waals surface area contributed by atoms with Crippen molar-refractivity contribution in [2.75, 3.05) is 26.4 Å². The van der Waals surface area contributed by atoms with E-state index < -0.39 is 11.8 Å². The zero-order valence-electron chi connectivity index (χ0n) is 10.4. The second kappa shape index (κ2) is 6.95. The van der Waals surface area contributed by atoms with Crippen molar-refractivity contribution in [3.8, 4) is 0 Å². The molecule has 1 aromatic carbocycles. The number of aliphatic hydroxyl groups is 1. The third-order valence-electron chi connectivity index (χ3n) is 2.44. The maximum atomic E-state index is 11.8. The van der Waals surface area contributed by atoms with Crippen molar-refractivity contribution < 1.29 is 24.3 Å². The van der Waals surface area contributed by atoms with Gasteiger partial charge in [-0.05, 0) is 12.1 Å². The van der Waals surface area contributed by atoms with Crippen LogP contribution in [0.4, 0.5) is 0 Å². The van der Waals surface area contributed by atoms with Gasteiger partial charge in [0.1, 0.15) is 0 Å². The molecular weight excluding hydrogens is 252 g/mol. The number of fused-ring (bicyclic) bond motifs is 1. The summed E-state index contributed by atoms with van der Waals surface area (Å²) in [4.78, 5) is 28.7. The Kier molecular flexibility index (Phi) is 5.58. The lowest BCUT2D eigenvalue weighted by Crippen LogP contribution is -2.31. The minimum atomic E-state index is -0.460. The fourth-order valence-electron chi connectivity index (χ4n) is 1.64. The molecule has 0 atom stereocenters. The Morgan fingerprint density at radius 1 is 1.00 bits per heavy atom. The van der Waals surface area contributed by atoms with Gasteiger partial charge in [0.2, 0.25) is 0 Å². The van der Waals surface area contributed by atoms with Gasteiger partial charge in [-0.1, -0.05) is 12.1 Å². The van der Waals surface area contributed by atoms with E-state index in [4.69, 9.17) is 14.7 Å². The van der Waals surface area contributed by atoms with Gasteiger partial charge in [-0.2, -0.15) is 0 Å². The molecule has 0 unspecified atom stereocenters. The third kappa shape index (κ3) is 3.15. The number of amides is 2. The van der Waals surface area contributed by atoms with E-state index in [1.165, 1.54) is 0 Å². The first-order chi connectivity index (χ1) is 8.75. The maximum absolute atomic E-state index is 11.8. The number of aliphatic hydroxyl groups excluding tert-OH is 1. The van der Waals surface area contributed by atoms with Crippen LogP contribution in [0.1, 0.15) is 20.7 Å². The Bertz CT molecular complexity index is 428. The molecule has 19 heavy (non-hydrogen) atoms. The number of hydrogen-bond acceptors (Lipinski definition) is 6. The first-order valence-electron chi connectivity index (χ1n) is 5.55. The molecule has 104 valence electrons. The molecule has 0 aromatic heterocycles. The number of benzene rings is 1. The van der Waals surface area contributed by atoms with Crippen LogP contribution in [-0.4, -0.2) is 48.4 Å². The highest BCUT2D eigenvalue weighted by Crippen LogP contribution is 2.22. The predicted molar refractivity (Wildman–Crippen MR) is 65.8 cm³/mol. The van der Waals surface area contributed by atoms with Gasteiger partial charge < -0.3 is 16.0 Å². The topological polar surface area (TPSA) is 111 Å². The number of carbonyl (C=O) groups is 2. The van der Waals surface area contributed by atoms with E-state index >= 15 is 0 Å². The fourth-order valence-corrected chi connectivity index (χ4v) is 1.64. The van der Waals surface area contributed by atoms with Crippen LogP contribution in [0.3, 0.4) is 0 Å². The molecule has 0 spiro atoms. The van der Waals surface area contributed by atoms with Gasteiger partial charge in [-0.15, -0.1) is 5.06 Å². The molecule has 0 bridgehead atoms. The predicted octanol–water partition coefficient (Wildman–Crippen LogP) is 0.385. The van der Waals surface area contributed by atoms with Gasteiger partial charge in [-0.25, -0.2) is 0 Å². The van der Waals surface area contributed by atoms with Crippen LogP contribution in [0.5, 0.6) is 0 Å². The minimum absolute atomic E-state index is 0. The quantitative estimate of drug-likeness (QED) is 0.570. The van der Waals surface area contributed by atoms with Crippen LogP contribution in [0, 0.1) is 0 Å². The highest BCUT2D eigenvalue weighted by atomic mass is 16.7. The molecule has 0 fully saturated rings. The smallest absolute Gasteiger partial charge is 0.285 e. The van der Waals surface area contributed by atoms with Crippen molar-refractivity contribution in [2.45, 2.75) is 0 Å². The largest absolute Gasteiger partial charge is 0.394 e. The van der Waals surface area contributed by atoms with Crippen LogP contribution in [0.25, 0.3) is 0 Å². The molecule has 4 N–H and O–H groups in total. The van der Waals surface area contributed by atoms with Crippen LogP contribution in [-0.2, 0) is 9.57 Å². The number of ether oxygens (including phenoxy) is 1. The summed E-state index contributed by atoms with van der Waals surface area (Å²) < 4.78 is 4.97. The summed E-state index contributed by atoms with van der Waals surface area (Å²) in [5.74, 6) is -0.921. The summed E-state index contributed by atoms with van der Waals surface area (Å²) in [5.41, 5.74) is 0.692. The van der Waals surface area contributed by atoms with E-state index in [1.807, 2.05) is 0 Å². The van der Waals surface area contributed by atoms with Crippen LogP contribution in [0.15, 0.2) is 24.3 Å². The van der Waals surface area contributed by atoms with Crippen molar-refractivity contribution in [2.24, 2.45) is 0 Å². The van der Waals surface area contributed by atoms with E-state index in [0.29, 0.717) is 11.1 Å². The van der Waals surface area contributed by atoms with E-state index in [-0.39, 0.29) is 32.6 Å². The van der Waals surface area contributed by atoms with Crippen LogP contribution >= 0.6 is 0 Å². The molecule has 7 heteroatoms. The molecule has 1 aliphatic heterocycles. The highest BCUT2D eigenvalue weighted by Gasteiger charge is 2.36. The van der Waals surface area contributed by atoms with Gasteiger partial charge in [-0.3, -0.25) is 14.4 Å². The Morgan fingerprint density at radius 2 is 1.58 bits per heavy atom. The summed E-state index contributed by atoms with van der Waals surface area (Å²) in [6.45, 7) is 0.401. The Morgan fingerprint density at radius 3 is 2.11 bits per heavy atom. The normalized spacial score (nSPS) is 13.4. The minimum Gasteiger partial charge on any atom is -0.394 e. The standard InChI is InChI=1S/C12H13NO5.H3N/c14-5-6-17-7-8-18-13-11(15)9-3-1-2-4-10(9)12(13)16;/h1-4,14H,5-8H2;1H3. The lowest BCUT2D eigenvalue weighted by atomic mass is 10.1. The molecule has 1 aliphatic rings. The Hall–Kier alpha value is -1.80. The summed E-state index contributed by atoms with van der Waals surface area (Å²) in [7, 11) is 0. The van der Waals surface area contributed by atoms with Crippen molar-refractivity contribution in [3.05, 3.63) is 35.4 Å².